The number of hydrogen-bond acceptors (Lipinski definition) is 5. The molecule has 3 rings (SSSR count). The zero-order valence-corrected chi connectivity index (χ0v) is 14.9. The number of carbonyl (C=O) groups is 2. The first-order valence-electron chi connectivity index (χ1n) is 8.50. The predicted molar refractivity (Wildman–Crippen MR) is 92.8 cm³/mol. The van der Waals surface area contributed by atoms with Crippen LogP contribution >= 0.6 is 0 Å². The molecule has 144 valence electrons. The van der Waals surface area contributed by atoms with Crippen LogP contribution in [0.2, 0.25) is 0 Å². The number of carbonyl (C=O) groups excluding carboxylic acids is 2. The lowest BCUT2D eigenvalue weighted by Crippen LogP contribution is -2.28. The maximum absolute atomic E-state index is 12.5. The number of rotatable bonds is 6. The van der Waals surface area contributed by atoms with Crippen LogP contribution in [0.15, 0.2) is 28.8 Å². The van der Waals surface area contributed by atoms with Gasteiger partial charge in [-0.3, -0.25) is 9.59 Å². The number of ether oxygens (including phenoxy) is 1. The average Bonchev–Trinajstić information content (AvgIpc) is 3.19. The summed E-state index contributed by atoms with van der Waals surface area (Å²) in [5.74, 6) is -1.65. The molecule has 9 heteroatoms. The van der Waals surface area contributed by atoms with Crippen LogP contribution in [0, 0.1) is 12.8 Å². The van der Waals surface area contributed by atoms with Crippen LogP contribution in [0.4, 0.5) is 20.2 Å². The second-order valence-electron chi connectivity index (χ2n) is 6.21. The van der Waals surface area contributed by atoms with Gasteiger partial charge in [0.2, 0.25) is 11.8 Å². The van der Waals surface area contributed by atoms with Crippen LogP contribution in [-0.4, -0.2) is 30.1 Å². The summed E-state index contributed by atoms with van der Waals surface area (Å²) in [7, 11) is 0. The second kappa shape index (κ2) is 7.73. The van der Waals surface area contributed by atoms with Gasteiger partial charge in [0.15, 0.2) is 5.76 Å². The summed E-state index contributed by atoms with van der Waals surface area (Å²) in [6.45, 7) is 0.600. The van der Waals surface area contributed by atoms with Gasteiger partial charge in [0.25, 0.3) is 5.88 Å². The number of alkyl halides is 2. The fraction of sp³-hybridized carbons (Fsp3) is 0.389. The lowest BCUT2D eigenvalue weighted by molar-refractivity contribution is -0.122. The molecule has 0 spiro atoms. The van der Waals surface area contributed by atoms with Crippen molar-refractivity contribution in [2.75, 3.05) is 16.8 Å². The number of halogens is 2. The quantitative estimate of drug-likeness (QED) is 0.834. The number of amides is 2. The number of hydrogen-bond donors (Lipinski definition) is 1. The largest absolute Gasteiger partial charge is 0.412 e. The lowest BCUT2D eigenvalue weighted by atomic mass is 10.1. The Morgan fingerprint density at radius 3 is 2.74 bits per heavy atom. The van der Waals surface area contributed by atoms with E-state index >= 15 is 0 Å². The van der Waals surface area contributed by atoms with Crippen molar-refractivity contribution in [3.63, 3.8) is 0 Å². The van der Waals surface area contributed by atoms with Crippen molar-refractivity contribution < 1.29 is 27.6 Å². The summed E-state index contributed by atoms with van der Waals surface area (Å²) in [6, 6.07) is 7.56. The van der Waals surface area contributed by atoms with Gasteiger partial charge in [-0.2, -0.15) is 8.78 Å². The van der Waals surface area contributed by atoms with Gasteiger partial charge in [0.1, 0.15) is 5.69 Å². The van der Waals surface area contributed by atoms with Crippen LogP contribution in [0.1, 0.15) is 24.7 Å². The summed E-state index contributed by atoms with van der Waals surface area (Å²) in [5.41, 5.74) is 1.81. The number of nitrogens with one attached hydrogen (secondary N) is 1. The third kappa shape index (κ3) is 4.07. The van der Waals surface area contributed by atoms with Gasteiger partial charge in [-0.25, -0.2) is 0 Å². The molecule has 27 heavy (non-hydrogen) atoms. The van der Waals surface area contributed by atoms with Gasteiger partial charge < -0.3 is 19.5 Å². The summed E-state index contributed by atoms with van der Waals surface area (Å²) >= 11 is 0. The molecule has 0 aliphatic carbocycles. The maximum Gasteiger partial charge on any atom is 0.388 e. The standard InChI is InChI=1S/C18H19F2N3O4/c1-3-11-4-6-13(7-5-11)23-9-12(8-14(23)24)16(25)21-15-10(2)27-22-17(15)26-18(19)20/h4-7,12,18H,3,8-9H2,1-2H3,(H,21,25). The molecule has 1 aliphatic rings. The monoisotopic (exact) mass is 379 g/mol. The van der Waals surface area contributed by atoms with Gasteiger partial charge >= 0.3 is 6.61 Å². The second-order valence-corrected chi connectivity index (χ2v) is 6.21. The van der Waals surface area contributed by atoms with Crippen LogP contribution in [0.25, 0.3) is 0 Å². The summed E-state index contributed by atoms with van der Waals surface area (Å²) in [5, 5.41) is 5.84. The molecule has 2 aromatic rings. The molecular weight excluding hydrogens is 360 g/mol. The van der Waals surface area contributed by atoms with Crippen LogP contribution in [0.3, 0.4) is 0 Å². The number of nitrogens with zero attached hydrogens (tertiary/aromatic N) is 2. The summed E-state index contributed by atoms with van der Waals surface area (Å²) in [4.78, 5) is 26.4. The Morgan fingerprint density at radius 2 is 2.11 bits per heavy atom. The molecule has 7 nitrogen and oxygen atoms in total. The molecule has 2 amide bonds. The Hall–Kier alpha value is -2.97. The highest BCUT2D eigenvalue weighted by atomic mass is 19.3. The molecule has 1 N–H and O–H groups in total. The smallest absolute Gasteiger partial charge is 0.388 e. The molecule has 1 fully saturated rings. The van der Waals surface area contributed by atoms with E-state index in [9.17, 15) is 18.4 Å². The summed E-state index contributed by atoms with van der Waals surface area (Å²) in [6.07, 6.45) is 0.914. The van der Waals surface area contributed by atoms with E-state index in [1.807, 2.05) is 31.2 Å². The van der Waals surface area contributed by atoms with Crippen molar-refractivity contribution in [1.82, 2.24) is 5.16 Å². The van der Waals surface area contributed by atoms with Gasteiger partial charge in [0.05, 0.1) is 5.92 Å². The van der Waals surface area contributed by atoms with Gasteiger partial charge in [0, 0.05) is 18.7 Å². The van der Waals surface area contributed by atoms with Crippen molar-refractivity contribution in [1.29, 1.82) is 0 Å². The van der Waals surface area contributed by atoms with Gasteiger partial charge in [-0.15, -0.1) is 0 Å². The first-order chi connectivity index (χ1) is 12.9. The van der Waals surface area contributed by atoms with E-state index in [0.717, 1.165) is 17.7 Å². The normalized spacial score (nSPS) is 16.9. The van der Waals surface area contributed by atoms with E-state index in [-0.39, 0.29) is 30.3 Å². The fourth-order valence-corrected chi connectivity index (χ4v) is 2.93. The third-order valence-corrected chi connectivity index (χ3v) is 4.43. The van der Waals surface area contributed by atoms with E-state index in [4.69, 9.17) is 4.52 Å². The molecule has 1 unspecified atom stereocenters. The molecule has 0 bridgehead atoms. The van der Waals surface area contributed by atoms with Gasteiger partial charge in [-0.05, 0) is 36.2 Å². The van der Waals surface area contributed by atoms with E-state index < -0.39 is 24.3 Å². The maximum atomic E-state index is 12.5. The molecule has 1 aromatic heterocycles. The first kappa shape index (κ1) is 18.8. The van der Waals surface area contributed by atoms with Crippen LogP contribution < -0.4 is 15.0 Å². The third-order valence-electron chi connectivity index (χ3n) is 4.43. The fourth-order valence-electron chi connectivity index (χ4n) is 2.93. The minimum Gasteiger partial charge on any atom is -0.412 e. The Bertz CT molecular complexity index is 836. The number of aromatic nitrogens is 1. The van der Waals surface area contributed by atoms with Crippen molar-refractivity contribution in [2.24, 2.45) is 5.92 Å². The Labute approximate surface area is 154 Å². The zero-order chi connectivity index (χ0) is 19.6. The van der Waals surface area contributed by atoms with E-state index in [1.165, 1.54) is 6.92 Å². The first-order valence-corrected chi connectivity index (χ1v) is 8.50. The lowest BCUT2D eigenvalue weighted by Gasteiger charge is -2.17. The molecule has 1 aromatic carbocycles. The van der Waals surface area contributed by atoms with E-state index in [1.54, 1.807) is 4.90 Å². The highest BCUT2D eigenvalue weighted by molar-refractivity contribution is 6.04. The van der Waals surface area contributed by atoms with Crippen molar-refractivity contribution in [2.45, 2.75) is 33.3 Å². The molecular formula is C18H19F2N3O4. The number of aryl methyl sites for hydroxylation is 2. The molecule has 0 radical (unpaired) electrons. The summed E-state index contributed by atoms with van der Waals surface area (Å²) < 4.78 is 33.9. The minimum atomic E-state index is -3.10. The predicted octanol–water partition coefficient (Wildman–Crippen LogP) is 3.14. The van der Waals surface area contributed by atoms with E-state index in [2.05, 4.69) is 15.2 Å². The molecule has 1 atom stereocenters. The molecule has 1 saturated heterocycles. The Morgan fingerprint density at radius 1 is 1.41 bits per heavy atom. The van der Waals surface area contributed by atoms with Crippen LogP contribution in [-0.2, 0) is 16.0 Å². The highest BCUT2D eigenvalue weighted by Gasteiger charge is 2.36. The van der Waals surface area contributed by atoms with E-state index in [0.29, 0.717) is 0 Å². The van der Waals surface area contributed by atoms with Gasteiger partial charge in [-0.1, -0.05) is 19.1 Å². The zero-order valence-electron chi connectivity index (χ0n) is 14.9. The average molecular weight is 379 g/mol. The van der Waals surface area contributed by atoms with Crippen molar-refractivity contribution in [3.8, 4) is 5.88 Å². The SMILES string of the molecule is CCc1ccc(N2CC(C(=O)Nc3c(OC(F)F)noc3C)CC2=O)cc1. The van der Waals surface area contributed by atoms with Crippen molar-refractivity contribution in [3.05, 3.63) is 35.6 Å². The molecule has 1 aliphatic heterocycles. The highest BCUT2D eigenvalue weighted by Crippen LogP contribution is 2.31. The molecule has 2 heterocycles. The number of benzene rings is 1. The molecule has 0 saturated carbocycles. The van der Waals surface area contributed by atoms with Crippen LogP contribution in [0.5, 0.6) is 5.88 Å². The minimum absolute atomic E-state index is 0.0245. The number of anilines is 2. The Kier molecular flexibility index (Phi) is 5.38. The van der Waals surface area contributed by atoms with Crippen molar-refractivity contribution >= 4 is 23.2 Å². The Balaban J connectivity index is 1.70. The topological polar surface area (TPSA) is 84.7 Å².